The summed E-state index contributed by atoms with van der Waals surface area (Å²) in [6, 6.07) is 1.92. The van der Waals surface area contributed by atoms with Crippen LogP contribution in [0.1, 0.15) is 19.8 Å². The fourth-order valence-corrected chi connectivity index (χ4v) is 1.77. The Balaban J connectivity index is 2.48. The van der Waals surface area contributed by atoms with Crippen LogP contribution in [0.2, 0.25) is 0 Å². The maximum absolute atomic E-state index is 11.6. The van der Waals surface area contributed by atoms with E-state index < -0.39 is 12.0 Å². The fraction of sp³-hybridized carbons (Fsp3) is 0.700. The van der Waals surface area contributed by atoms with Gasteiger partial charge >= 0.3 is 6.09 Å². The molecule has 1 aliphatic heterocycles. The zero-order valence-electron chi connectivity index (χ0n) is 8.64. The number of Topliss-reactive ketones (excluding diaryl/α,β-unsaturated/α-hetero) is 1. The van der Waals surface area contributed by atoms with Gasteiger partial charge in [-0.15, -0.1) is 0 Å². The highest BCUT2D eigenvalue weighted by atomic mass is 16.4. The lowest BCUT2D eigenvalue weighted by molar-refractivity contribution is -0.126. The minimum absolute atomic E-state index is 0.0532. The number of amides is 1. The molecular formula is C10H14N2O3. The monoisotopic (exact) mass is 210 g/mol. The van der Waals surface area contributed by atoms with Gasteiger partial charge in [0, 0.05) is 19.0 Å². The molecule has 1 aliphatic rings. The van der Waals surface area contributed by atoms with Gasteiger partial charge in [-0.05, 0) is 19.8 Å². The first kappa shape index (κ1) is 11.5. The number of carbonyl (C=O) groups excluding carboxylic acids is 1. The molecule has 5 nitrogen and oxygen atoms in total. The second-order valence-corrected chi connectivity index (χ2v) is 3.80. The third-order valence-electron chi connectivity index (χ3n) is 2.79. The molecule has 82 valence electrons. The van der Waals surface area contributed by atoms with Crippen molar-refractivity contribution in [3.8, 4) is 6.07 Å². The van der Waals surface area contributed by atoms with Crippen LogP contribution in [-0.4, -0.2) is 35.0 Å². The van der Waals surface area contributed by atoms with E-state index in [1.165, 1.54) is 4.90 Å². The van der Waals surface area contributed by atoms with Gasteiger partial charge in [0.1, 0.15) is 5.92 Å². The topological polar surface area (TPSA) is 81.4 Å². The number of carboxylic acid groups (broad SMARTS) is 1. The first-order chi connectivity index (χ1) is 7.06. The molecule has 1 heterocycles. The van der Waals surface area contributed by atoms with E-state index in [1.807, 2.05) is 6.07 Å². The van der Waals surface area contributed by atoms with Crippen LogP contribution >= 0.6 is 0 Å². The molecule has 1 rings (SSSR count). The maximum atomic E-state index is 11.6. The second kappa shape index (κ2) is 4.78. The van der Waals surface area contributed by atoms with E-state index in [1.54, 1.807) is 6.92 Å². The Kier molecular flexibility index (Phi) is 3.67. The Morgan fingerprint density at radius 1 is 1.47 bits per heavy atom. The molecule has 1 saturated heterocycles. The number of nitriles is 1. The lowest BCUT2D eigenvalue weighted by Crippen LogP contribution is -2.40. The van der Waals surface area contributed by atoms with Crippen LogP contribution in [0, 0.1) is 23.2 Å². The van der Waals surface area contributed by atoms with Crippen LogP contribution in [0.5, 0.6) is 0 Å². The molecule has 0 aromatic rings. The second-order valence-electron chi connectivity index (χ2n) is 3.80. The summed E-state index contributed by atoms with van der Waals surface area (Å²) in [7, 11) is 0. The van der Waals surface area contributed by atoms with E-state index in [0.717, 1.165) is 0 Å². The van der Waals surface area contributed by atoms with E-state index in [2.05, 4.69) is 0 Å². The van der Waals surface area contributed by atoms with E-state index in [0.29, 0.717) is 25.9 Å². The van der Waals surface area contributed by atoms with Crippen molar-refractivity contribution < 1.29 is 14.7 Å². The van der Waals surface area contributed by atoms with Crippen molar-refractivity contribution in [1.82, 2.24) is 4.90 Å². The van der Waals surface area contributed by atoms with Crippen molar-refractivity contribution in [2.75, 3.05) is 13.1 Å². The van der Waals surface area contributed by atoms with Gasteiger partial charge in [0.25, 0.3) is 0 Å². The highest BCUT2D eigenvalue weighted by Gasteiger charge is 2.29. The minimum atomic E-state index is -0.936. The van der Waals surface area contributed by atoms with Crippen molar-refractivity contribution in [2.45, 2.75) is 19.8 Å². The fourth-order valence-electron chi connectivity index (χ4n) is 1.77. The standard InChI is InChI=1S/C10H14N2O3/c1-7(6-11)9(13)8-2-4-12(5-3-8)10(14)15/h7-8H,2-5H2,1H3,(H,14,15). The van der Waals surface area contributed by atoms with Crippen molar-refractivity contribution in [3.63, 3.8) is 0 Å². The lowest BCUT2D eigenvalue weighted by Gasteiger charge is -2.29. The van der Waals surface area contributed by atoms with E-state index in [-0.39, 0.29) is 11.7 Å². The average Bonchev–Trinajstić information content (AvgIpc) is 2.27. The molecule has 0 aromatic carbocycles. The number of hydrogen-bond acceptors (Lipinski definition) is 3. The number of likely N-dealkylation sites (tertiary alicyclic amines) is 1. The summed E-state index contributed by atoms with van der Waals surface area (Å²) in [5, 5.41) is 17.3. The van der Waals surface area contributed by atoms with Crippen molar-refractivity contribution >= 4 is 11.9 Å². The highest BCUT2D eigenvalue weighted by Crippen LogP contribution is 2.21. The molecule has 0 aromatic heterocycles. The summed E-state index contributed by atoms with van der Waals surface area (Å²) < 4.78 is 0. The molecule has 0 spiro atoms. The van der Waals surface area contributed by atoms with Crippen LogP contribution < -0.4 is 0 Å². The third kappa shape index (κ3) is 2.69. The predicted molar refractivity (Wildman–Crippen MR) is 52.1 cm³/mol. The van der Waals surface area contributed by atoms with Crippen LogP contribution in [0.4, 0.5) is 4.79 Å². The number of carbonyl (C=O) groups is 2. The predicted octanol–water partition coefficient (Wildman–Crippen LogP) is 1.11. The summed E-state index contributed by atoms with van der Waals surface area (Å²) >= 11 is 0. The maximum Gasteiger partial charge on any atom is 0.407 e. The normalized spacial score (nSPS) is 19.3. The summed E-state index contributed by atoms with van der Waals surface area (Å²) in [6.45, 7) is 2.37. The first-order valence-corrected chi connectivity index (χ1v) is 4.97. The molecule has 0 radical (unpaired) electrons. The number of hydrogen-bond donors (Lipinski definition) is 1. The van der Waals surface area contributed by atoms with Crippen LogP contribution in [0.15, 0.2) is 0 Å². The molecule has 0 saturated carbocycles. The minimum Gasteiger partial charge on any atom is -0.465 e. The molecule has 1 unspecified atom stereocenters. The van der Waals surface area contributed by atoms with Gasteiger partial charge in [-0.3, -0.25) is 4.79 Å². The molecule has 0 aliphatic carbocycles. The Morgan fingerprint density at radius 3 is 2.40 bits per heavy atom. The third-order valence-corrected chi connectivity index (χ3v) is 2.79. The van der Waals surface area contributed by atoms with Gasteiger partial charge in [0.2, 0.25) is 0 Å². The molecule has 15 heavy (non-hydrogen) atoms. The zero-order chi connectivity index (χ0) is 11.4. The van der Waals surface area contributed by atoms with Gasteiger partial charge in [0.15, 0.2) is 5.78 Å². The van der Waals surface area contributed by atoms with Gasteiger partial charge < -0.3 is 10.0 Å². The summed E-state index contributed by atoms with van der Waals surface area (Å²) in [6.07, 6.45) is 0.142. The molecule has 0 bridgehead atoms. The highest BCUT2D eigenvalue weighted by molar-refractivity contribution is 5.85. The van der Waals surface area contributed by atoms with Gasteiger partial charge in [0.05, 0.1) is 6.07 Å². The smallest absolute Gasteiger partial charge is 0.407 e. The van der Waals surface area contributed by atoms with Gasteiger partial charge in [-0.1, -0.05) is 0 Å². The largest absolute Gasteiger partial charge is 0.465 e. The Morgan fingerprint density at radius 2 is 2.00 bits per heavy atom. The molecule has 1 fully saturated rings. The lowest BCUT2D eigenvalue weighted by atomic mass is 9.87. The first-order valence-electron chi connectivity index (χ1n) is 4.97. The summed E-state index contributed by atoms with van der Waals surface area (Å²) in [4.78, 5) is 23.5. The average molecular weight is 210 g/mol. The van der Waals surface area contributed by atoms with Crippen LogP contribution in [0.25, 0.3) is 0 Å². The van der Waals surface area contributed by atoms with Crippen molar-refractivity contribution in [1.29, 1.82) is 5.26 Å². The molecule has 1 atom stereocenters. The number of nitrogens with zero attached hydrogens (tertiary/aromatic N) is 2. The van der Waals surface area contributed by atoms with Crippen molar-refractivity contribution in [2.24, 2.45) is 11.8 Å². The number of ketones is 1. The zero-order valence-corrected chi connectivity index (χ0v) is 8.64. The number of rotatable bonds is 2. The van der Waals surface area contributed by atoms with Crippen LogP contribution in [-0.2, 0) is 4.79 Å². The molecule has 5 heteroatoms. The quantitative estimate of drug-likeness (QED) is 0.740. The number of piperidine rings is 1. The Bertz CT molecular complexity index is 300. The summed E-state index contributed by atoms with van der Waals surface area (Å²) in [5.41, 5.74) is 0. The van der Waals surface area contributed by atoms with Crippen LogP contribution in [0.3, 0.4) is 0 Å². The molecule has 1 amide bonds. The van der Waals surface area contributed by atoms with Gasteiger partial charge in [-0.25, -0.2) is 4.79 Å². The Labute approximate surface area is 88.3 Å². The molecule has 1 N–H and O–H groups in total. The van der Waals surface area contributed by atoms with Gasteiger partial charge in [-0.2, -0.15) is 5.26 Å². The summed E-state index contributed by atoms with van der Waals surface area (Å²) in [5.74, 6) is -0.774. The van der Waals surface area contributed by atoms with Crippen molar-refractivity contribution in [3.05, 3.63) is 0 Å². The SMILES string of the molecule is CC(C#N)C(=O)C1CCN(C(=O)O)CC1. The van der Waals surface area contributed by atoms with E-state index >= 15 is 0 Å². The molecular weight excluding hydrogens is 196 g/mol. The van der Waals surface area contributed by atoms with E-state index in [4.69, 9.17) is 10.4 Å². The van der Waals surface area contributed by atoms with E-state index in [9.17, 15) is 9.59 Å². The Hall–Kier alpha value is -1.57.